The van der Waals surface area contributed by atoms with Gasteiger partial charge in [-0.2, -0.15) is 0 Å². The number of benzene rings is 2. The molecule has 1 aliphatic rings. The number of esters is 1. The van der Waals surface area contributed by atoms with E-state index in [0.717, 1.165) is 5.56 Å². The molecule has 0 fully saturated rings. The molecule has 1 N–H and O–H groups in total. The Bertz CT molecular complexity index is 875. The van der Waals surface area contributed by atoms with Crippen molar-refractivity contribution in [1.82, 2.24) is 0 Å². The normalized spacial score (nSPS) is 13.6. The summed E-state index contributed by atoms with van der Waals surface area (Å²) in [4.78, 5) is 24.2. The second-order valence-corrected chi connectivity index (χ2v) is 6.03. The average Bonchev–Trinajstić information content (AvgIpc) is 2.72. The minimum absolute atomic E-state index is 0.425. The van der Waals surface area contributed by atoms with Crippen LogP contribution in [0.4, 0.5) is 5.69 Å². The van der Waals surface area contributed by atoms with Crippen LogP contribution in [0.5, 0.6) is 17.2 Å². The molecule has 146 valence electrons. The third kappa shape index (κ3) is 5.03. The van der Waals surface area contributed by atoms with Gasteiger partial charge < -0.3 is 24.3 Å². The van der Waals surface area contributed by atoms with Crippen molar-refractivity contribution in [2.24, 2.45) is 0 Å². The summed E-state index contributed by atoms with van der Waals surface area (Å²) in [5.41, 5.74) is 1.34. The molecule has 3 rings (SSSR count). The molecule has 2 aromatic rings. The quantitative estimate of drug-likeness (QED) is 0.610. The van der Waals surface area contributed by atoms with Gasteiger partial charge in [-0.15, -0.1) is 0 Å². The SMILES string of the molecule is COc1ccc(NC(=O)[C@H](C)OC(=O)/C=C/c2ccc3c(c2)OCCO3)cc1. The molecule has 0 aliphatic carbocycles. The molecule has 28 heavy (non-hydrogen) atoms. The Hall–Kier alpha value is -3.48. The van der Waals surface area contributed by atoms with Crippen LogP contribution in [-0.4, -0.2) is 38.3 Å². The van der Waals surface area contributed by atoms with Crippen LogP contribution in [0.1, 0.15) is 12.5 Å². The highest BCUT2D eigenvalue weighted by atomic mass is 16.6. The Balaban J connectivity index is 1.53. The van der Waals surface area contributed by atoms with Gasteiger partial charge in [0.1, 0.15) is 19.0 Å². The van der Waals surface area contributed by atoms with Crippen LogP contribution in [-0.2, 0) is 14.3 Å². The number of anilines is 1. The lowest BCUT2D eigenvalue weighted by Gasteiger charge is -2.18. The highest BCUT2D eigenvalue weighted by Gasteiger charge is 2.17. The zero-order valence-electron chi connectivity index (χ0n) is 15.6. The minimum Gasteiger partial charge on any atom is -0.497 e. The maximum Gasteiger partial charge on any atom is 0.331 e. The molecule has 1 atom stereocenters. The number of nitrogens with one attached hydrogen (secondary N) is 1. The van der Waals surface area contributed by atoms with E-state index in [1.807, 2.05) is 0 Å². The molecule has 1 amide bonds. The summed E-state index contributed by atoms with van der Waals surface area (Å²) in [6.45, 7) is 2.52. The smallest absolute Gasteiger partial charge is 0.331 e. The van der Waals surface area contributed by atoms with Gasteiger partial charge in [0.05, 0.1) is 7.11 Å². The van der Waals surface area contributed by atoms with E-state index in [9.17, 15) is 9.59 Å². The fourth-order valence-electron chi connectivity index (χ4n) is 2.51. The Morgan fingerprint density at radius 3 is 2.50 bits per heavy atom. The molecule has 0 unspecified atom stereocenters. The van der Waals surface area contributed by atoms with Gasteiger partial charge in [0.15, 0.2) is 17.6 Å². The van der Waals surface area contributed by atoms with E-state index in [1.54, 1.807) is 55.7 Å². The highest BCUT2D eigenvalue weighted by molar-refractivity contribution is 5.96. The van der Waals surface area contributed by atoms with E-state index < -0.39 is 18.0 Å². The second kappa shape index (κ2) is 8.94. The highest BCUT2D eigenvalue weighted by Crippen LogP contribution is 2.31. The van der Waals surface area contributed by atoms with Crippen molar-refractivity contribution in [3.8, 4) is 17.2 Å². The van der Waals surface area contributed by atoms with Gasteiger partial charge in [-0.25, -0.2) is 4.79 Å². The Labute approximate surface area is 162 Å². The first-order valence-electron chi connectivity index (χ1n) is 8.78. The molecule has 7 nitrogen and oxygen atoms in total. The predicted molar refractivity (Wildman–Crippen MR) is 104 cm³/mol. The third-order valence-electron chi connectivity index (χ3n) is 4.00. The number of fused-ring (bicyclic) bond motifs is 1. The molecule has 0 saturated heterocycles. The zero-order valence-corrected chi connectivity index (χ0v) is 15.6. The van der Waals surface area contributed by atoms with Gasteiger partial charge in [-0.1, -0.05) is 6.07 Å². The van der Waals surface area contributed by atoms with Gasteiger partial charge in [-0.05, 0) is 55.0 Å². The van der Waals surface area contributed by atoms with Crippen molar-refractivity contribution >= 4 is 23.6 Å². The summed E-state index contributed by atoms with van der Waals surface area (Å²) >= 11 is 0. The molecule has 0 bridgehead atoms. The molecular formula is C21H21NO6. The van der Waals surface area contributed by atoms with E-state index in [1.165, 1.54) is 13.0 Å². The van der Waals surface area contributed by atoms with E-state index in [4.69, 9.17) is 18.9 Å². The van der Waals surface area contributed by atoms with Gasteiger partial charge >= 0.3 is 5.97 Å². The van der Waals surface area contributed by atoms with Crippen LogP contribution < -0.4 is 19.5 Å². The van der Waals surface area contributed by atoms with Gasteiger partial charge in [0.25, 0.3) is 5.91 Å². The summed E-state index contributed by atoms with van der Waals surface area (Å²) in [6.07, 6.45) is 1.91. The predicted octanol–water partition coefficient (Wildman–Crippen LogP) is 3.05. The first-order valence-corrected chi connectivity index (χ1v) is 8.78. The maximum atomic E-state index is 12.2. The third-order valence-corrected chi connectivity index (χ3v) is 4.00. The number of methoxy groups -OCH3 is 1. The zero-order chi connectivity index (χ0) is 19.9. The number of carbonyl (C=O) groups excluding carboxylic acids is 2. The van der Waals surface area contributed by atoms with E-state index >= 15 is 0 Å². The van der Waals surface area contributed by atoms with Crippen molar-refractivity contribution in [3.05, 3.63) is 54.1 Å². The summed E-state index contributed by atoms with van der Waals surface area (Å²) in [6, 6.07) is 12.2. The van der Waals surface area contributed by atoms with Gasteiger partial charge in [0, 0.05) is 11.8 Å². The van der Waals surface area contributed by atoms with Gasteiger partial charge in [0.2, 0.25) is 0 Å². The largest absolute Gasteiger partial charge is 0.497 e. The number of rotatable bonds is 6. The topological polar surface area (TPSA) is 83.1 Å². The van der Waals surface area contributed by atoms with Gasteiger partial charge in [-0.3, -0.25) is 4.79 Å². The number of carbonyl (C=O) groups is 2. The average molecular weight is 383 g/mol. The standard InChI is InChI=1S/C21H21NO6/c1-14(21(24)22-16-5-7-17(25-2)8-6-16)28-20(23)10-4-15-3-9-18-19(13-15)27-12-11-26-18/h3-10,13-14H,11-12H2,1-2H3,(H,22,24)/b10-4+/t14-/m0/s1. The fourth-order valence-corrected chi connectivity index (χ4v) is 2.51. The lowest BCUT2D eigenvalue weighted by molar-refractivity contribution is -0.148. The molecule has 0 radical (unpaired) electrons. The van der Waals surface area contributed by atoms with Crippen LogP contribution in [0.3, 0.4) is 0 Å². The lowest BCUT2D eigenvalue weighted by atomic mass is 10.2. The Kier molecular flexibility index (Phi) is 6.16. The van der Waals surface area contributed by atoms with Crippen LogP contribution in [0.25, 0.3) is 6.08 Å². The summed E-state index contributed by atoms with van der Waals surface area (Å²) in [5.74, 6) is 0.948. The van der Waals surface area contributed by atoms with Crippen LogP contribution in [0.15, 0.2) is 48.5 Å². The second-order valence-electron chi connectivity index (χ2n) is 6.03. The fraction of sp³-hybridized carbons (Fsp3) is 0.238. The first kappa shape index (κ1) is 19.3. The maximum absolute atomic E-state index is 12.2. The molecule has 7 heteroatoms. The Morgan fingerprint density at radius 1 is 1.07 bits per heavy atom. The summed E-state index contributed by atoms with van der Waals surface area (Å²) in [5, 5.41) is 2.68. The van der Waals surface area contributed by atoms with Crippen molar-refractivity contribution in [3.63, 3.8) is 0 Å². The number of hydrogen-bond acceptors (Lipinski definition) is 6. The molecule has 0 saturated carbocycles. The van der Waals surface area contributed by atoms with E-state index in [-0.39, 0.29) is 0 Å². The van der Waals surface area contributed by atoms with Crippen molar-refractivity contribution in [1.29, 1.82) is 0 Å². The van der Waals surface area contributed by atoms with Crippen molar-refractivity contribution < 1.29 is 28.5 Å². The molecular weight excluding hydrogens is 362 g/mol. The number of amides is 1. The minimum atomic E-state index is -0.945. The van der Waals surface area contributed by atoms with E-state index in [0.29, 0.717) is 36.1 Å². The van der Waals surface area contributed by atoms with Crippen LogP contribution in [0, 0.1) is 0 Å². The lowest BCUT2D eigenvalue weighted by Crippen LogP contribution is -2.29. The molecule has 1 heterocycles. The monoisotopic (exact) mass is 383 g/mol. The van der Waals surface area contributed by atoms with Crippen LogP contribution in [0.2, 0.25) is 0 Å². The van der Waals surface area contributed by atoms with Crippen LogP contribution >= 0.6 is 0 Å². The van der Waals surface area contributed by atoms with Crippen molar-refractivity contribution in [2.45, 2.75) is 13.0 Å². The molecule has 0 aromatic heterocycles. The number of ether oxygens (including phenoxy) is 4. The molecule has 2 aromatic carbocycles. The molecule has 1 aliphatic heterocycles. The summed E-state index contributed by atoms with van der Waals surface area (Å²) < 4.78 is 21.2. The first-order chi connectivity index (χ1) is 13.5. The summed E-state index contributed by atoms with van der Waals surface area (Å²) in [7, 11) is 1.56. The van der Waals surface area contributed by atoms with E-state index in [2.05, 4.69) is 5.32 Å². The van der Waals surface area contributed by atoms with Crippen molar-refractivity contribution in [2.75, 3.05) is 25.6 Å². The molecule has 0 spiro atoms. The Morgan fingerprint density at radius 2 is 1.79 bits per heavy atom. The number of hydrogen-bond donors (Lipinski definition) is 1.